The lowest BCUT2D eigenvalue weighted by molar-refractivity contribution is -0.133. The Labute approximate surface area is 149 Å². The molecular weight excluding hydrogens is 314 g/mol. The SMILES string of the molecule is CC(NC(=O)c1ccc2c(c1)CC=C2)C1CCN(C(=O)[C@H](C)N)CC1. The van der Waals surface area contributed by atoms with Gasteiger partial charge in [0, 0.05) is 24.7 Å². The summed E-state index contributed by atoms with van der Waals surface area (Å²) < 4.78 is 0. The normalized spacial score (nSPS) is 19.4. The van der Waals surface area contributed by atoms with Crippen molar-refractivity contribution >= 4 is 17.9 Å². The van der Waals surface area contributed by atoms with Crippen LogP contribution in [0.3, 0.4) is 0 Å². The minimum atomic E-state index is -0.442. The van der Waals surface area contributed by atoms with E-state index in [4.69, 9.17) is 5.73 Å². The van der Waals surface area contributed by atoms with Crippen LogP contribution in [0, 0.1) is 5.92 Å². The van der Waals surface area contributed by atoms with Crippen molar-refractivity contribution in [2.45, 2.75) is 45.2 Å². The van der Waals surface area contributed by atoms with Crippen molar-refractivity contribution in [3.05, 3.63) is 41.0 Å². The van der Waals surface area contributed by atoms with Gasteiger partial charge in [0.25, 0.3) is 5.91 Å². The molecule has 1 fully saturated rings. The molecule has 0 bridgehead atoms. The van der Waals surface area contributed by atoms with Crippen LogP contribution in [-0.2, 0) is 11.2 Å². The summed E-state index contributed by atoms with van der Waals surface area (Å²) in [6.07, 6.45) is 6.91. The molecule has 134 valence electrons. The summed E-state index contributed by atoms with van der Waals surface area (Å²) >= 11 is 0. The molecule has 5 nitrogen and oxygen atoms in total. The Bertz CT molecular complexity index is 688. The quantitative estimate of drug-likeness (QED) is 0.879. The number of carbonyl (C=O) groups excluding carboxylic acids is 2. The zero-order valence-electron chi connectivity index (χ0n) is 15.0. The summed E-state index contributed by atoms with van der Waals surface area (Å²) in [6.45, 7) is 5.22. The van der Waals surface area contributed by atoms with Gasteiger partial charge >= 0.3 is 0 Å². The molecule has 1 unspecified atom stereocenters. The molecule has 5 heteroatoms. The summed E-state index contributed by atoms with van der Waals surface area (Å²) in [7, 11) is 0. The number of hydrogen-bond donors (Lipinski definition) is 2. The summed E-state index contributed by atoms with van der Waals surface area (Å²) in [5.41, 5.74) is 8.81. The molecule has 25 heavy (non-hydrogen) atoms. The molecule has 1 aliphatic heterocycles. The number of rotatable bonds is 4. The van der Waals surface area contributed by atoms with Crippen LogP contribution >= 0.6 is 0 Å². The van der Waals surface area contributed by atoms with Crippen molar-refractivity contribution in [2.75, 3.05) is 13.1 Å². The molecule has 1 saturated heterocycles. The molecule has 0 aromatic heterocycles. The zero-order valence-corrected chi connectivity index (χ0v) is 15.0. The molecule has 2 atom stereocenters. The third kappa shape index (κ3) is 3.93. The Morgan fingerprint density at radius 2 is 1.96 bits per heavy atom. The average molecular weight is 341 g/mol. The zero-order chi connectivity index (χ0) is 18.0. The van der Waals surface area contributed by atoms with Gasteiger partial charge in [-0.2, -0.15) is 0 Å². The van der Waals surface area contributed by atoms with Crippen LogP contribution in [0.5, 0.6) is 0 Å². The average Bonchev–Trinajstić information content (AvgIpc) is 3.08. The van der Waals surface area contributed by atoms with E-state index in [1.807, 2.05) is 23.1 Å². The predicted molar refractivity (Wildman–Crippen MR) is 99.1 cm³/mol. The third-order valence-electron chi connectivity index (χ3n) is 5.35. The molecule has 0 saturated carbocycles. The first kappa shape index (κ1) is 17.7. The maximum atomic E-state index is 12.5. The Balaban J connectivity index is 1.53. The number of allylic oxidation sites excluding steroid dienone is 1. The summed E-state index contributed by atoms with van der Waals surface area (Å²) in [5.74, 6) is 0.385. The second-order valence-electron chi connectivity index (χ2n) is 7.23. The van der Waals surface area contributed by atoms with Gasteiger partial charge in [0.1, 0.15) is 0 Å². The monoisotopic (exact) mass is 341 g/mol. The maximum Gasteiger partial charge on any atom is 0.251 e. The van der Waals surface area contributed by atoms with E-state index in [-0.39, 0.29) is 17.9 Å². The van der Waals surface area contributed by atoms with Crippen LogP contribution in [0.25, 0.3) is 6.08 Å². The number of nitrogens with zero attached hydrogens (tertiary/aromatic N) is 1. The van der Waals surface area contributed by atoms with Gasteiger partial charge in [-0.05, 0) is 62.3 Å². The van der Waals surface area contributed by atoms with Crippen molar-refractivity contribution in [1.29, 1.82) is 0 Å². The second-order valence-corrected chi connectivity index (χ2v) is 7.23. The van der Waals surface area contributed by atoms with Gasteiger partial charge in [0.2, 0.25) is 5.91 Å². The van der Waals surface area contributed by atoms with Crippen LogP contribution in [-0.4, -0.2) is 41.9 Å². The maximum absolute atomic E-state index is 12.5. The van der Waals surface area contributed by atoms with Crippen LogP contribution in [0.1, 0.15) is 48.2 Å². The Morgan fingerprint density at radius 1 is 1.24 bits per heavy atom. The highest BCUT2D eigenvalue weighted by Crippen LogP contribution is 2.23. The molecule has 3 rings (SSSR count). The van der Waals surface area contributed by atoms with E-state index in [2.05, 4.69) is 24.4 Å². The minimum Gasteiger partial charge on any atom is -0.349 e. The van der Waals surface area contributed by atoms with Gasteiger partial charge in [0.05, 0.1) is 6.04 Å². The largest absolute Gasteiger partial charge is 0.349 e. The third-order valence-corrected chi connectivity index (χ3v) is 5.35. The molecule has 3 N–H and O–H groups in total. The van der Waals surface area contributed by atoms with Crippen molar-refractivity contribution in [2.24, 2.45) is 11.7 Å². The fourth-order valence-corrected chi connectivity index (χ4v) is 3.72. The molecule has 2 aliphatic rings. The molecule has 0 radical (unpaired) electrons. The predicted octanol–water partition coefficient (Wildman–Crippen LogP) is 1.96. The Hall–Kier alpha value is -2.14. The van der Waals surface area contributed by atoms with Crippen LogP contribution in [0.15, 0.2) is 24.3 Å². The Kier molecular flexibility index (Phi) is 5.23. The number of piperidine rings is 1. The minimum absolute atomic E-state index is 0.0156. The highest BCUT2D eigenvalue weighted by atomic mass is 16.2. The number of fused-ring (bicyclic) bond motifs is 1. The van der Waals surface area contributed by atoms with Crippen molar-refractivity contribution in [1.82, 2.24) is 10.2 Å². The number of nitrogens with two attached hydrogens (primary N) is 1. The number of amides is 2. The van der Waals surface area contributed by atoms with Crippen LogP contribution < -0.4 is 11.1 Å². The van der Waals surface area contributed by atoms with E-state index in [0.29, 0.717) is 5.92 Å². The lowest BCUT2D eigenvalue weighted by Gasteiger charge is -2.35. The number of nitrogens with one attached hydrogen (secondary N) is 1. The van der Waals surface area contributed by atoms with E-state index in [1.54, 1.807) is 6.92 Å². The highest BCUT2D eigenvalue weighted by Gasteiger charge is 2.28. The van der Waals surface area contributed by atoms with E-state index < -0.39 is 6.04 Å². The van der Waals surface area contributed by atoms with E-state index >= 15 is 0 Å². The van der Waals surface area contributed by atoms with Gasteiger partial charge in [-0.3, -0.25) is 9.59 Å². The van der Waals surface area contributed by atoms with Crippen molar-refractivity contribution in [3.63, 3.8) is 0 Å². The fraction of sp³-hybridized carbons (Fsp3) is 0.500. The molecule has 0 spiro atoms. The van der Waals surface area contributed by atoms with Gasteiger partial charge in [-0.1, -0.05) is 18.2 Å². The first-order valence-corrected chi connectivity index (χ1v) is 9.10. The molecule has 1 aromatic rings. The van der Waals surface area contributed by atoms with Crippen LogP contribution in [0.2, 0.25) is 0 Å². The molecular formula is C20H27N3O2. The van der Waals surface area contributed by atoms with Gasteiger partial charge in [0.15, 0.2) is 0 Å². The van der Waals surface area contributed by atoms with Crippen molar-refractivity contribution in [3.8, 4) is 0 Å². The highest BCUT2D eigenvalue weighted by molar-refractivity contribution is 5.95. The summed E-state index contributed by atoms with van der Waals surface area (Å²) in [6, 6.07) is 5.53. The van der Waals surface area contributed by atoms with Crippen molar-refractivity contribution < 1.29 is 9.59 Å². The van der Waals surface area contributed by atoms with Crippen LogP contribution in [0.4, 0.5) is 0 Å². The molecule has 2 amide bonds. The van der Waals surface area contributed by atoms with E-state index in [9.17, 15) is 9.59 Å². The number of likely N-dealkylation sites (tertiary alicyclic amines) is 1. The van der Waals surface area contributed by atoms with Gasteiger partial charge < -0.3 is 16.0 Å². The molecule has 1 heterocycles. The Morgan fingerprint density at radius 3 is 2.64 bits per heavy atom. The topological polar surface area (TPSA) is 75.4 Å². The number of hydrogen-bond acceptors (Lipinski definition) is 3. The van der Waals surface area contributed by atoms with Gasteiger partial charge in [-0.25, -0.2) is 0 Å². The smallest absolute Gasteiger partial charge is 0.251 e. The first-order chi connectivity index (χ1) is 12.0. The first-order valence-electron chi connectivity index (χ1n) is 9.10. The molecule has 1 aliphatic carbocycles. The standard InChI is InChI=1S/C20H27N3O2/c1-13(21)20(25)23-10-8-15(9-11-23)14(2)22-19(24)18-7-6-16-4-3-5-17(16)12-18/h3-4,6-7,12-15H,5,8-11,21H2,1-2H3,(H,22,24)/t13-,14?/m0/s1. The summed E-state index contributed by atoms with van der Waals surface area (Å²) in [4.78, 5) is 26.3. The summed E-state index contributed by atoms with van der Waals surface area (Å²) in [5, 5.41) is 3.14. The van der Waals surface area contributed by atoms with Gasteiger partial charge in [-0.15, -0.1) is 0 Å². The molecule has 1 aromatic carbocycles. The van der Waals surface area contributed by atoms with E-state index in [0.717, 1.165) is 37.9 Å². The second kappa shape index (κ2) is 7.40. The lowest BCUT2D eigenvalue weighted by Crippen LogP contribution is -2.49. The lowest BCUT2D eigenvalue weighted by atomic mass is 9.90. The van der Waals surface area contributed by atoms with E-state index in [1.165, 1.54) is 11.1 Å². The number of carbonyl (C=O) groups is 2. The number of benzene rings is 1. The fourth-order valence-electron chi connectivity index (χ4n) is 3.72.